The van der Waals surface area contributed by atoms with E-state index in [0.717, 1.165) is 10.2 Å². The largest absolute Gasteiger partial charge is 0.367 e. The molecule has 0 saturated heterocycles. The Morgan fingerprint density at radius 1 is 1.54 bits per heavy atom. The molecule has 7 nitrogen and oxygen atoms in total. The summed E-state index contributed by atoms with van der Waals surface area (Å²) in [5.41, 5.74) is 0.486. The molecule has 0 bridgehead atoms. The van der Waals surface area contributed by atoms with Crippen LogP contribution in [-0.2, 0) is 7.05 Å². The first-order valence-electron chi connectivity index (χ1n) is 3.69. The van der Waals surface area contributed by atoms with Crippen molar-refractivity contribution in [2.45, 2.75) is 6.92 Å². The molecule has 0 fully saturated rings. The second-order valence-corrected chi connectivity index (χ2v) is 2.73. The maximum Gasteiger partial charge on any atom is 0.367 e. The molecule has 0 atom stereocenters. The van der Waals surface area contributed by atoms with Crippen molar-refractivity contribution in [1.82, 2.24) is 30.0 Å². The monoisotopic (exact) mass is 180 g/mol. The molecule has 68 valence electrons. The van der Waals surface area contributed by atoms with Gasteiger partial charge in [0.15, 0.2) is 5.82 Å². The van der Waals surface area contributed by atoms with E-state index in [-0.39, 0.29) is 5.69 Å². The maximum absolute atomic E-state index is 11.1. The van der Waals surface area contributed by atoms with E-state index >= 15 is 0 Å². The highest BCUT2D eigenvalue weighted by atomic mass is 16.2. The van der Waals surface area contributed by atoms with Crippen LogP contribution in [0.3, 0.4) is 0 Å². The number of hydrogen-bond donors (Lipinski definition) is 1. The van der Waals surface area contributed by atoms with Crippen LogP contribution >= 0.6 is 0 Å². The summed E-state index contributed by atoms with van der Waals surface area (Å²) in [7, 11) is 1.78. The van der Waals surface area contributed by atoms with Crippen molar-refractivity contribution in [3.8, 4) is 5.82 Å². The van der Waals surface area contributed by atoms with Gasteiger partial charge in [-0.2, -0.15) is 5.10 Å². The van der Waals surface area contributed by atoms with Gasteiger partial charge in [0.1, 0.15) is 0 Å². The number of aromatic amines is 1. The summed E-state index contributed by atoms with van der Waals surface area (Å²) in [5.74, 6) is 0.501. The molecular weight excluding hydrogens is 172 g/mol. The van der Waals surface area contributed by atoms with Crippen LogP contribution in [0.2, 0.25) is 0 Å². The first-order valence-corrected chi connectivity index (χ1v) is 3.69. The molecule has 0 radical (unpaired) electrons. The number of H-pyrrole nitrogens is 1. The van der Waals surface area contributed by atoms with Crippen LogP contribution in [-0.4, -0.2) is 30.0 Å². The Morgan fingerprint density at radius 3 is 2.77 bits per heavy atom. The zero-order valence-electron chi connectivity index (χ0n) is 7.22. The first kappa shape index (κ1) is 7.71. The van der Waals surface area contributed by atoms with Crippen molar-refractivity contribution in [3.63, 3.8) is 0 Å². The summed E-state index contributed by atoms with van der Waals surface area (Å²) < 4.78 is 2.74. The fraction of sp³-hybridized carbons (Fsp3) is 0.333. The van der Waals surface area contributed by atoms with Crippen molar-refractivity contribution < 1.29 is 0 Å². The Hall–Kier alpha value is -1.92. The Bertz CT molecular complexity index is 477. The SMILES string of the molecule is Cc1cn(C)nc1-n1nn[nH]c1=O. The number of aromatic nitrogens is 6. The van der Waals surface area contributed by atoms with Crippen LogP contribution in [0.4, 0.5) is 0 Å². The number of aryl methyl sites for hydroxylation is 2. The number of nitrogens with zero attached hydrogens (tertiary/aromatic N) is 5. The first-order chi connectivity index (χ1) is 6.18. The molecule has 1 N–H and O–H groups in total. The smallest absolute Gasteiger partial charge is 0.273 e. The van der Waals surface area contributed by atoms with Crippen LogP contribution in [0.1, 0.15) is 5.56 Å². The highest BCUT2D eigenvalue weighted by molar-refractivity contribution is 5.28. The minimum atomic E-state index is -0.387. The molecule has 2 rings (SSSR count). The van der Waals surface area contributed by atoms with Crippen molar-refractivity contribution >= 4 is 0 Å². The molecule has 2 aromatic rings. The van der Waals surface area contributed by atoms with Gasteiger partial charge in [0, 0.05) is 18.8 Å². The molecule has 13 heavy (non-hydrogen) atoms. The molecule has 0 spiro atoms. The zero-order chi connectivity index (χ0) is 9.42. The fourth-order valence-corrected chi connectivity index (χ4v) is 1.14. The van der Waals surface area contributed by atoms with Gasteiger partial charge in [-0.3, -0.25) is 4.68 Å². The molecular formula is C6H8N6O. The zero-order valence-corrected chi connectivity index (χ0v) is 7.22. The van der Waals surface area contributed by atoms with Gasteiger partial charge in [0.2, 0.25) is 0 Å². The Balaban J connectivity index is 2.65. The highest BCUT2D eigenvalue weighted by Gasteiger charge is 2.09. The molecule has 0 saturated carbocycles. The maximum atomic E-state index is 11.1. The van der Waals surface area contributed by atoms with Crippen molar-refractivity contribution in [2.75, 3.05) is 0 Å². The summed E-state index contributed by atoms with van der Waals surface area (Å²) in [5, 5.41) is 13.2. The predicted octanol–water partition coefficient (Wildman–Crippen LogP) is -1.00. The molecule has 0 aliphatic heterocycles. The van der Waals surface area contributed by atoms with Gasteiger partial charge in [-0.05, 0) is 17.4 Å². The van der Waals surface area contributed by atoms with Gasteiger partial charge in [0.05, 0.1) is 0 Å². The van der Waals surface area contributed by atoms with Crippen LogP contribution in [0.15, 0.2) is 11.0 Å². The average Bonchev–Trinajstić information content (AvgIpc) is 2.58. The summed E-state index contributed by atoms with van der Waals surface area (Å²) in [4.78, 5) is 11.1. The van der Waals surface area contributed by atoms with Gasteiger partial charge in [0.25, 0.3) is 0 Å². The van der Waals surface area contributed by atoms with Crippen LogP contribution < -0.4 is 5.69 Å². The lowest BCUT2D eigenvalue weighted by Crippen LogP contribution is -2.17. The molecule has 2 heterocycles. The number of rotatable bonds is 1. The lowest BCUT2D eigenvalue weighted by Gasteiger charge is -1.91. The Kier molecular flexibility index (Phi) is 1.51. The second kappa shape index (κ2) is 2.54. The van der Waals surface area contributed by atoms with E-state index in [2.05, 4.69) is 20.6 Å². The lowest BCUT2D eigenvalue weighted by atomic mass is 10.4. The average molecular weight is 180 g/mol. The molecule has 0 aliphatic carbocycles. The van der Waals surface area contributed by atoms with Gasteiger partial charge in [-0.25, -0.2) is 9.89 Å². The summed E-state index contributed by atoms with van der Waals surface area (Å²) in [6.07, 6.45) is 1.80. The number of tetrazole rings is 1. The van der Waals surface area contributed by atoms with E-state index in [1.807, 2.05) is 6.92 Å². The quantitative estimate of drug-likeness (QED) is 0.610. The molecule has 0 unspecified atom stereocenters. The van der Waals surface area contributed by atoms with Gasteiger partial charge in [-0.15, -0.1) is 4.68 Å². The van der Waals surface area contributed by atoms with E-state index in [1.54, 1.807) is 17.9 Å². The molecule has 0 aromatic carbocycles. The van der Waals surface area contributed by atoms with Crippen LogP contribution in [0.5, 0.6) is 0 Å². The van der Waals surface area contributed by atoms with Gasteiger partial charge < -0.3 is 0 Å². The number of hydrogen-bond acceptors (Lipinski definition) is 4. The third kappa shape index (κ3) is 1.13. The Morgan fingerprint density at radius 2 is 2.31 bits per heavy atom. The van der Waals surface area contributed by atoms with Crippen LogP contribution in [0, 0.1) is 6.92 Å². The lowest BCUT2D eigenvalue weighted by molar-refractivity contribution is 0.705. The second-order valence-electron chi connectivity index (χ2n) is 2.73. The van der Waals surface area contributed by atoms with Gasteiger partial charge >= 0.3 is 5.69 Å². The summed E-state index contributed by atoms with van der Waals surface area (Å²) in [6.45, 7) is 1.85. The van der Waals surface area contributed by atoms with E-state index in [1.165, 1.54) is 0 Å². The van der Waals surface area contributed by atoms with Crippen molar-refractivity contribution in [3.05, 3.63) is 22.2 Å². The third-order valence-corrected chi connectivity index (χ3v) is 1.66. The van der Waals surface area contributed by atoms with Gasteiger partial charge in [-0.1, -0.05) is 0 Å². The minimum absolute atomic E-state index is 0.387. The summed E-state index contributed by atoms with van der Waals surface area (Å²) in [6, 6.07) is 0. The fourth-order valence-electron chi connectivity index (χ4n) is 1.14. The van der Waals surface area contributed by atoms with Crippen molar-refractivity contribution in [1.29, 1.82) is 0 Å². The highest BCUT2D eigenvalue weighted by Crippen LogP contribution is 2.05. The van der Waals surface area contributed by atoms with E-state index < -0.39 is 0 Å². The Labute approximate surface area is 73.0 Å². The van der Waals surface area contributed by atoms with Crippen LogP contribution in [0.25, 0.3) is 5.82 Å². The van der Waals surface area contributed by atoms with Crippen molar-refractivity contribution in [2.24, 2.45) is 7.05 Å². The molecule has 0 aliphatic rings. The molecule has 0 amide bonds. The minimum Gasteiger partial charge on any atom is -0.273 e. The predicted molar refractivity (Wildman–Crippen MR) is 43.5 cm³/mol. The molecule has 7 heteroatoms. The van der Waals surface area contributed by atoms with E-state index in [9.17, 15) is 4.79 Å². The normalized spacial score (nSPS) is 10.6. The topological polar surface area (TPSA) is 81.4 Å². The third-order valence-electron chi connectivity index (χ3n) is 1.66. The number of nitrogens with one attached hydrogen (secondary N) is 1. The van der Waals surface area contributed by atoms with E-state index in [0.29, 0.717) is 5.82 Å². The molecule has 2 aromatic heterocycles. The standard InChI is InChI=1S/C6H8N6O/c1-4-3-11(2)8-5(4)12-6(13)7-9-10-12/h3H,1-2H3,(H,7,10,13). The van der Waals surface area contributed by atoms with E-state index in [4.69, 9.17) is 0 Å². The summed E-state index contributed by atoms with van der Waals surface area (Å²) >= 11 is 0.